The van der Waals surface area contributed by atoms with Crippen LogP contribution in [0.5, 0.6) is 0 Å². The van der Waals surface area contributed by atoms with E-state index in [0.29, 0.717) is 18.0 Å². The predicted molar refractivity (Wildman–Crippen MR) is 83.6 cm³/mol. The molecule has 0 amide bonds. The van der Waals surface area contributed by atoms with Gasteiger partial charge in [0.1, 0.15) is 4.88 Å². The zero-order valence-electron chi connectivity index (χ0n) is 11.2. The number of thiophene rings is 1. The zero-order valence-corrected chi connectivity index (χ0v) is 12.1. The Bertz CT molecular complexity index is 768. The molecule has 0 spiro atoms. The first-order valence-corrected chi connectivity index (χ1v) is 7.40. The van der Waals surface area contributed by atoms with E-state index in [1.165, 1.54) is 11.3 Å². The van der Waals surface area contributed by atoms with E-state index in [2.05, 4.69) is 10.3 Å². The van der Waals surface area contributed by atoms with Gasteiger partial charge < -0.3 is 10.4 Å². The van der Waals surface area contributed by atoms with Crippen molar-refractivity contribution in [1.29, 1.82) is 0 Å². The van der Waals surface area contributed by atoms with E-state index in [1.54, 1.807) is 12.4 Å². The van der Waals surface area contributed by atoms with Crippen LogP contribution in [0.4, 0.5) is 0 Å². The van der Waals surface area contributed by atoms with Crippen LogP contribution in [0, 0.1) is 0 Å². The lowest BCUT2D eigenvalue weighted by molar-refractivity contribution is 0.0701. The Hall–Kier alpha value is -2.24. The first-order chi connectivity index (χ1) is 10.3. The van der Waals surface area contributed by atoms with E-state index in [0.717, 1.165) is 21.2 Å². The van der Waals surface area contributed by atoms with Crippen molar-refractivity contribution in [2.75, 3.05) is 0 Å². The smallest absolute Gasteiger partial charge is 0.346 e. The molecule has 0 saturated heterocycles. The Morgan fingerprint density at radius 1 is 1.14 bits per heavy atom. The molecule has 3 rings (SSSR count). The highest BCUT2D eigenvalue weighted by Crippen LogP contribution is 2.31. The van der Waals surface area contributed by atoms with Crippen LogP contribution in [0.1, 0.15) is 20.8 Å². The van der Waals surface area contributed by atoms with Crippen LogP contribution >= 0.6 is 11.3 Å². The van der Waals surface area contributed by atoms with Gasteiger partial charge >= 0.3 is 5.97 Å². The van der Waals surface area contributed by atoms with Gasteiger partial charge in [0, 0.05) is 30.2 Å². The Labute approximate surface area is 126 Å². The second-order valence-electron chi connectivity index (χ2n) is 4.67. The Balaban J connectivity index is 1.82. The maximum Gasteiger partial charge on any atom is 0.346 e. The van der Waals surface area contributed by atoms with E-state index in [4.69, 9.17) is 0 Å². The summed E-state index contributed by atoms with van der Waals surface area (Å²) in [7, 11) is 0. The number of fused-ring (bicyclic) bond motifs is 1. The highest BCUT2D eigenvalue weighted by atomic mass is 32.1. The van der Waals surface area contributed by atoms with E-state index < -0.39 is 5.97 Å². The first-order valence-electron chi connectivity index (χ1n) is 6.59. The van der Waals surface area contributed by atoms with E-state index >= 15 is 0 Å². The summed E-state index contributed by atoms with van der Waals surface area (Å²) >= 11 is 1.33. The van der Waals surface area contributed by atoms with Gasteiger partial charge in [-0.1, -0.05) is 18.2 Å². The summed E-state index contributed by atoms with van der Waals surface area (Å²) in [5.41, 5.74) is 1.98. The maximum atomic E-state index is 11.4. The molecular weight excluding hydrogens is 284 g/mol. The number of carbonyl (C=O) groups is 1. The maximum absolute atomic E-state index is 11.4. The third-order valence-electron chi connectivity index (χ3n) is 3.27. The van der Waals surface area contributed by atoms with Crippen molar-refractivity contribution < 1.29 is 9.90 Å². The van der Waals surface area contributed by atoms with Gasteiger partial charge in [-0.05, 0) is 34.7 Å². The van der Waals surface area contributed by atoms with E-state index in [9.17, 15) is 9.90 Å². The Morgan fingerprint density at radius 3 is 2.67 bits per heavy atom. The number of aromatic carboxylic acids is 1. The van der Waals surface area contributed by atoms with Crippen molar-refractivity contribution in [3.8, 4) is 0 Å². The largest absolute Gasteiger partial charge is 0.477 e. The van der Waals surface area contributed by atoms with Crippen molar-refractivity contribution in [2.45, 2.75) is 13.1 Å². The highest BCUT2D eigenvalue weighted by Gasteiger charge is 2.16. The molecule has 1 aromatic carbocycles. The number of carboxylic acid groups (broad SMARTS) is 1. The number of benzene rings is 1. The minimum atomic E-state index is -0.864. The summed E-state index contributed by atoms with van der Waals surface area (Å²) in [6.07, 6.45) is 3.50. The summed E-state index contributed by atoms with van der Waals surface area (Å²) in [6, 6.07) is 11.7. The topological polar surface area (TPSA) is 62.2 Å². The van der Waals surface area contributed by atoms with Crippen molar-refractivity contribution in [2.24, 2.45) is 0 Å². The molecule has 5 heteroatoms. The van der Waals surface area contributed by atoms with Crippen molar-refractivity contribution in [3.63, 3.8) is 0 Å². The molecule has 0 aliphatic carbocycles. The lowest BCUT2D eigenvalue weighted by Crippen LogP contribution is -2.14. The molecule has 4 nitrogen and oxygen atoms in total. The molecule has 0 aliphatic rings. The normalized spacial score (nSPS) is 10.9. The standard InChI is InChI=1S/C16H14N2O2S/c19-16(20)15-13(12-3-1-2-4-14(12)21-15)10-18-9-11-5-7-17-8-6-11/h1-8,18H,9-10H2,(H,19,20). The fraction of sp³-hybridized carbons (Fsp3) is 0.125. The van der Waals surface area contributed by atoms with Crippen LogP contribution in [0.3, 0.4) is 0 Å². The van der Waals surface area contributed by atoms with Crippen molar-refractivity contribution in [1.82, 2.24) is 10.3 Å². The van der Waals surface area contributed by atoms with E-state index in [-0.39, 0.29) is 0 Å². The molecule has 2 aromatic heterocycles. The highest BCUT2D eigenvalue weighted by molar-refractivity contribution is 7.21. The number of hydrogen-bond acceptors (Lipinski definition) is 4. The quantitative estimate of drug-likeness (QED) is 0.759. The molecule has 0 saturated carbocycles. The number of carboxylic acids is 1. The SMILES string of the molecule is O=C(O)c1sc2ccccc2c1CNCc1ccncc1. The summed E-state index contributed by atoms with van der Waals surface area (Å²) in [6.45, 7) is 1.22. The molecule has 0 atom stereocenters. The van der Waals surface area contributed by atoms with E-state index in [1.807, 2.05) is 36.4 Å². The lowest BCUT2D eigenvalue weighted by Gasteiger charge is -2.05. The van der Waals surface area contributed by atoms with Gasteiger partial charge in [0.25, 0.3) is 0 Å². The van der Waals surface area contributed by atoms with Gasteiger partial charge in [0.05, 0.1) is 0 Å². The van der Waals surface area contributed by atoms with Gasteiger partial charge in [-0.15, -0.1) is 11.3 Å². The molecule has 0 aliphatic heterocycles. The molecule has 2 N–H and O–H groups in total. The van der Waals surface area contributed by atoms with Gasteiger partial charge in [0.2, 0.25) is 0 Å². The number of rotatable bonds is 5. The van der Waals surface area contributed by atoms with Gasteiger partial charge in [-0.3, -0.25) is 4.98 Å². The number of nitrogens with zero attached hydrogens (tertiary/aromatic N) is 1. The molecule has 21 heavy (non-hydrogen) atoms. The lowest BCUT2D eigenvalue weighted by atomic mass is 10.1. The third-order valence-corrected chi connectivity index (χ3v) is 4.47. The monoisotopic (exact) mass is 298 g/mol. The molecule has 0 radical (unpaired) electrons. The van der Waals surface area contributed by atoms with Crippen LogP contribution in [-0.2, 0) is 13.1 Å². The fourth-order valence-electron chi connectivity index (χ4n) is 2.28. The molecule has 3 aromatic rings. The summed E-state index contributed by atoms with van der Waals surface area (Å²) < 4.78 is 1.01. The summed E-state index contributed by atoms with van der Waals surface area (Å²) in [4.78, 5) is 15.8. The zero-order chi connectivity index (χ0) is 14.7. The fourth-order valence-corrected chi connectivity index (χ4v) is 3.34. The third kappa shape index (κ3) is 2.94. The van der Waals surface area contributed by atoms with Crippen LogP contribution in [0.15, 0.2) is 48.8 Å². The second-order valence-corrected chi connectivity index (χ2v) is 5.72. The number of pyridine rings is 1. The first kappa shape index (κ1) is 13.7. The second kappa shape index (κ2) is 6.03. The van der Waals surface area contributed by atoms with Gasteiger partial charge in [-0.25, -0.2) is 4.79 Å². The molecule has 106 valence electrons. The van der Waals surface area contributed by atoms with Crippen LogP contribution < -0.4 is 5.32 Å². The average Bonchev–Trinajstić information content (AvgIpc) is 2.88. The number of nitrogens with one attached hydrogen (secondary N) is 1. The Morgan fingerprint density at radius 2 is 1.90 bits per heavy atom. The molecule has 0 bridgehead atoms. The predicted octanol–water partition coefficient (Wildman–Crippen LogP) is 3.28. The molecule has 2 heterocycles. The molecule has 0 fully saturated rings. The van der Waals surface area contributed by atoms with Crippen molar-refractivity contribution >= 4 is 27.4 Å². The number of hydrogen-bond donors (Lipinski definition) is 2. The average molecular weight is 298 g/mol. The van der Waals surface area contributed by atoms with Gasteiger partial charge in [0.15, 0.2) is 0 Å². The molecule has 0 unspecified atom stereocenters. The number of aromatic nitrogens is 1. The van der Waals surface area contributed by atoms with Crippen LogP contribution in [0.2, 0.25) is 0 Å². The van der Waals surface area contributed by atoms with Crippen LogP contribution in [0.25, 0.3) is 10.1 Å². The summed E-state index contributed by atoms with van der Waals surface area (Å²) in [5, 5.41) is 13.7. The Kier molecular flexibility index (Phi) is 3.94. The molecular formula is C16H14N2O2S. The van der Waals surface area contributed by atoms with Crippen molar-refractivity contribution in [3.05, 3.63) is 64.8 Å². The minimum Gasteiger partial charge on any atom is -0.477 e. The van der Waals surface area contributed by atoms with Gasteiger partial charge in [-0.2, -0.15) is 0 Å². The minimum absolute atomic E-state index is 0.415. The van der Waals surface area contributed by atoms with Crippen LogP contribution in [-0.4, -0.2) is 16.1 Å². The summed E-state index contributed by atoms with van der Waals surface area (Å²) in [5.74, 6) is -0.864.